The number of carbonyl (C=O) groups is 1. The first-order chi connectivity index (χ1) is 17.3. The highest BCUT2D eigenvalue weighted by Gasteiger charge is 2.37. The van der Waals surface area contributed by atoms with Gasteiger partial charge in [0, 0.05) is 25.8 Å². The van der Waals surface area contributed by atoms with Crippen LogP contribution in [0.1, 0.15) is 50.8 Å². The summed E-state index contributed by atoms with van der Waals surface area (Å²) >= 11 is 1.38. The number of thiophene rings is 1. The molecule has 0 radical (unpaired) electrons. The highest BCUT2D eigenvalue weighted by atomic mass is 32.2. The summed E-state index contributed by atoms with van der Waals surface area (Å²) in [6.07, 6.45) is 2.39. The number of ketones is 1. The van der Waals surface area contributed by atoms with Gasteiger partial charge >= 0.3 is 10.3 Å². The van der Waals surface area contributed by atoms with Gasteiger partial charge in [-0.3, -0.25) is 8.98 Å². The van der Waals surface area contributed by atoms with Gasteiger partial charge in [-0.2, -0.15) is 13.1 Å². The second-order valence-corrected chi connectivity index (χ2v) is 11.3. The van der Waals surface area contributed by atoms with Gasteiger partial charge in [-0.05, 0) is 47.4 Å². The Labute approximate surface area is 213 Å². The zero-order chi connectivity index (χ0) is 25.3. The lowest BCUT2D eigenvalue weighted by molar-refractivity contribution is 0.0636. The first-order valence-electron chi connectivity index (χ1n) is 11.7. The Morgan fingerprint density at radius 3 is 2.94 bits per heavy atom. The molecule has 5 rings (SSSR count). The third-order valence-electron chi connectivity index (χ3n) is 6.56. The molecule has 10 nitrogen and oxygen atoms in total. The van der Waals surface area contributed by atoms with E-state index in [1.165, 1.54) is 42.0 Å². The molecule has 1 aliphatic carbocycles. The van der Waals surface area contributed by atoms with E-state index in [1.54, 1.807) is 0 Å². The Morgan fingerprint density at radius 2 is 2.11 bits per heavy atom. The summed E-state index contributed by atoms with van der Waals surface area (Å²) in [5, 5.41) is 19.0. The van der Waals surface area contributed by atoms with Gasteiger partial charge in [-0.25, -0.2) is 9.97 Å². The lowest BCUT2D eigenvalue weighted by Gasteiger charge is -2.26. The van der Waals surface area contributed by atoms with Crippen molar-refractivity contribution in [3.63, 3.8) is 0 Å². The fourth-order valence-electron chi connectivity index (χ4n) is 4.77. The maximum absolute atomic E-state index is 13.4. The number of benzene rings is 1. The molecule has 12 heteroatoms. The highest BCUT2D eigenvalue weighted by Crippen LogP contribution is 2.33. The summed E-state index contributed by atoms with van der Waals surface area (Å²) in [5.41, 5.74) is 3.88. The second kappa shape index (κ2) is 10.3. The van der Waals surface area contributed by atoms with Gasteiger partial charge in [0.25, 0.3) is 0 Å². The fraction of sp³-hybridized carbons (Fsp3) is 0.375. The van der Waals surface area contributed by atoms with E-state index in [0.717, 1.165) is 18.5 Å². The zero-order valence-corrected chi connectivity index (χ0v) is 21.2. The quantitative estimate of drug-likeness (QED) is 0.321. The number of fused-ring (bicyclic) bond motifs is 1. The number of nitrogens with zero attached hydrogens (tertiary/aromatic N) is 2. The van der Waals surface area contributed by atoms with Gasteiger partial charge in [0.2, 0.25) is 5.78 Å². The molecule has 0 bridgehead atoms. The third-order valence-corrected chi connectivity index (χ3v) is 8.50. The average Bonchev–Trinajstić information content (AvgIpc) is 3.50. The number of aromatic nitrogens is 2. The highest BCUT2D eigenvalue weighted by molar-refractivity contribution is 7.84. The van der Waals surface area contributed by atoms with Crippen molar-refractivity contribution in [1.82, 2.24) is 20.0 Å². The van der Waals surface area contributed by atoms with E-state index in [2.05, 4.69) is 37.5 Å². The molecule has 1 fully saturated rings. The van der Waals surface area contributed by atoms with Crippen molar-refractivity contribution in [2.45, 2.75) is 43.6 Å². The molecular weight excluding hydrogens is 502 g/mol. The predicted molar refractivity (Wildman–Crippen MR) is 135 cm³/mol. The lowest BCUT2D eigenvalue weighted by atomic mass is 9.91. The van der Waals surface area contributed by atoms with Crippen LogP contribution in [-0.2, 0) is 20.9 Å². The Kier molecular flexibility index (Phi) is 7.15. The number of carbonyl (C=O) groups excluding carboxylic acids is 1. The van der Waals surface area contributed by atoms with Crippen molar-refractivity contribution in [3.8, 4) is 0 Å². The molecule has 1 aromatic carbocycles. The number of anilines is 1. The molecule has 1 aliphatic heterocycles. The van der Waals surface area contributed by atoms with Crippen LogP contribution in [0.2, 0.25) is 0 Å². The molecule has 0 saturated heterocycles. The van der Waals surface area contributed by atoms with Gasteiger partial charge in [0.05, 0.1) is 22.6 Å². The third kappa shape index (κ3) is 5.19. The zero-order valence-electron chi connectivity index (χ0n) is 19.5. The average molecular weight is 530 g/mol. The normalized spacial score (nSPS) is 23.8. The second-order valence-electron chi connectivity index (χ2n) is 8.87. The molecule has 0 spiro atoms. The molecule has 2 aromatic heterocycles. The van der Waals surface area contributed by atoms with Crippen LogP contribution in [0.3, 0.4) is 0 Å². The molecule has 1 saturated carbocycles. The number of hydrogen-bond donors (Lipinski definition) is 4. The molecule has 0 amide bonds. The van der Waals surface area contributed by atoms with Crippen LogP contribution in [0.15, 0.2) is 48.2 Å². The number of hydrogen-bond acceptors (Lipinski definition) is 10. The lowest BCUT2D eigenvalue weighted by Crippen LogP contribution is -2.31. The first-order valence-corrected chi connectivity index (χ1v) is 13.9. The molecule has 2 aliphatic rings. The van der Waals surface area contributed by atoms with Crippen molar-refractivity contribution < 1.29 is 22.5 Å². The SMILES string of the molecule is CNS(=O)(=O)O[C@@H]1C[C@H](Nc2ncncc2C(=O)c2cc([C@H]3NCCc4ccccc43)cs2)C[C@@H]1O. The van der Waals surface area contributed by atoms with Gasteiger partial charge in [-0.1, -0.05) is 24.3 Å². The fourth-order valence-corrected chi connectivity index (χ4v) is 6.29. The Hall–Kier alpha value is -2.74. The van der Waals surface area contributed by atoms with Crippen LogP contribution in [0.25, 0.3) is 0 Å². The van der Waals surface area contributed by atoms with Gasteiger partial charge in [-0.15, -0.1) is 11.3 Å². The Morgan fingerprint density at radius 1 is 1.28 bits per heavy atom. The summed E-state index contributed by atoms with van der Waals surface area (Å²) in [7, 11) is -2.70. The number of aliphatic hydroxyl groups excluding tert-OH is 1. The largest absolute Gasteiger partial charge is 0.390 e. The maximum Gasteiger partial charge on any atom is 0.335 e. The van der Waals surface area contributed by atoms with E-state index < -0.39 is 22.5 Å². The Bertz CT molecular complexity index is 1360. The summed E-state index contributed by atoms with van der Waals surface area (Å²) in [6, 6.07) is 9.95. The molecule has 0 unspecified atom stereocenters. The minimum Gasteiger partial charge on any atom is -0.390 e. The molecule has 4 N–H and O–H groups in total. The predicted octanol–water partition coefficient (Wildman–Crippen LogP) is 1.79. The first kappa shape index (κ1) is 24.9. The van der Waals surface area contributed by atoms with E-state index in [9.17, 15) is 18.3 Å². The molecule has 4 atom stereocenters. The van der Waals surface area contributed by atoms with Gasteiger partial charge in [0.1, 0.15) is 18.2 Å². The van der Waals surface area contributed by atoms with Gasteiger partial charge in [0.15, 0.2) is 0 Å². The molecule has 3 heterocycles. The Balaban J connectivity index is 1.33. The van der Waals surface area contributed by atoms with Crippen LogP contribution < -0.4 is 15.4 Å². The summed E-state index contributed by atoms with van der Waals surface area (Å²) in [5.74, 6) is 0.128. The van der Waals surface area contributed by atoms with E-state index in [-0.39, 0.29) is 30.7 Å². The van der Waals surface area contributed by atoms with Crippen LogP contribution >= 0.6 is 11.3 Å². The van der Waals surface area contributed by atoms with E-state index in [4.69, 9.17) is 4.18 Å². The van der Waals surface area contributed by atoms with Crippen molar-refractivity contribution in [1.29, 1.82) is 0 Å². The number of rotatable bonds is 8. The molecular formula is C24H27N5O5S2. The maximum atomic E-state index is 13.4. The van der Waals surface area contributed by atoms with Crippen LogP contribution in [0.4, 0.5) is 5.82 Å². The molecule has 3 aromatic rings. The van der Waals surface area contributed by atoms with Crippen molar-refractivity contribution in [2.24, 2.45) is 0 Å². The summed E-state index contributed by atoms with van der Waals surface area (Å²) in [4.78, 5) is 22.3. The van der Waals surface area contributed by atoms with Crippen LogP contribution in [-0.4, -0.2) is 61.1 Å². The van der Waals surface area contributed by atoms with Crippen molar-refractivity contribution in [3.05, 3.63) is 75.4 Å². The molecule has 36 heavy (non-hydrogen) atoms. The van der Waals surface area contributed by atoms with Crippen molar-refractivity contribution in [2.75, 3.05) is 18.9 Å². The minimum absolute atomic E-state index is 0.0307. The number of nitrogens with one attached hydrogen (secondary N) is 3. The van der Waals surface area contributed by atoms with E-state index >= 15 is 0 Å². The minimum atomic E-state index is -3.94. The van der Waals surface area contributed by atoms with Crippen molar-refractivity contribution >= 4 is 33.2 Å². The molecule has 190 valence electrons. The van der Waals surface area contributed by atoms with Gasteiger partial charge < -0.3 is 15.7 Å². The number of aliphatic hydroxyl groups is 1. The summed E-state index contributed by atoms with van der Waals surface area (Å²) in [6.45, 7) is 0.870. The van der Waals surface area contributed by atoms with E-state index in [0.29, 0.717) is 16.3 Å². The summed E-state index contributed by atoms with van der Waals surface area (Å²) < 4.78 is 30.5. The monoisotopic (exact) mass is 529 g/mol. The smallest absolute Gasteiger partial charge is 0.335 e. The van der Waals surface area contributed by atoms with E-state index in [1.807, 2.05) is 23.6 Å². The topological polar surface area (TPSA) is 143 Å². The van der Waals surface area contributed by atoms with Crippen LogP contribution in [0, 0.1) is 0 Å². The standard InChI is InChI=1S/C24H27N5O5S2/c1-25-36(32,33)34-20-10-16(9-19(20)30)29-24-18(11-26-13-28-24)23(31)21-8-15(12-35-21)22-17-5-3-2-4-14(17)6-7-27-22/h2-5,8,11-13,16,19-20,22,25,27,30H,6-7,9-10H2,1H3,(H,26,28,29)/t16-,19+,20-,22-/m1/s1. The van der Waals surface area contributed by atoms with Crippen LogP contribution in [0.5, 0.6) is 0 Å².